The zero-order chi connectivity index (χ0) is 19.8. The molecule has 3 aromatic carbocycles. The van der Waals surface area contributed by atoms with Crippen LogP contribution in [0.2, 0.25) is 10.0 Å². The van der Waals surface area contributed by atoms with Crippen LogP contribution in [0.4, 0.5) is 5.69 Å². The standard InChI is InChI=1S/C21H11Cl2NO4/c22-12-5-10-17(18(23)11-12)21(27)28-14-8-6-13(7-9-14)24-19(25)15-3-1-2-4-16(15)20(24)26/h1-11H. The van der Waals surface area contributed by atoms with E-state index in [9.17, 15) is 14.4 Å². The Labute approximate surface area is 170 Å². The average molecular weight is 412 g/mol. The van der Waals surface area contributed by atoms with Crippen LogP contribution < -0.4 is 9.64 Å². The number of benzene rings is 3. The van der Waals surface area contributed by atoms with Gasteiger partial charge in [0.15, 0.2) is 0 Å². The molecule has 1 aliphatic rings. The van der Waals surface area contributed by atoms with E-state index in [1.54, 1.807) is 24.3 Å². The van der Waals surface area contributed by atoms with Crippen LogP contribution in [0.15, 0.2) is 66.7 Å². The number of ether oxygens (including phenoxy) is 1. The number of rotatable bonds is 3. The molecular weight excluding hydrogens is 401 g/mol. The van der Waals surface area contributed by atoms with Gasteiger partial charge >= 0.3 is 5.97 Å². The first kappa shape index (κ1) is 18.2. The quantitative estimate of drug-likeness (QED) is 0.345. The lowest BCUT2D eigenvalue weighted by Crippen LogP contribution is -2.29. The van der Waals surface area contributed by atoms with Crippen molar-refractivity contribution in [3.8, 4) is 5.75 Å². The molecule has 7 heteroatoms. The molecule has 0 aromatic heterocycles. The Morgan fingerprint density at radius 1 is 0.821 bits per heavy atom. The Bertz CT molecular complexity index is 1090. The number of carbonyl (C=O) groups excluding carboxylic acids is 3. The van der Waals surface area contributed by atoms with Gasteiger partial charge in [-0.15, -0.1) is 0 Å². The van der Waals surface area contributed by atoms with Crippen LogP contribution in [0.1, 0.15) is 31.1 Å². The first-order valence-electron chi connectivity index (χ1n) is 8.21. The number of halogens is 2. The monoisotopic (exact) mass is 411 g/mol. The summed E-state index contributed by atoms with van der Waals surface area (Å²) in [6.45, 7) is 0. The summed E-state index contributed by atoms with van der Waals surface area (Å²) < 4.78 is 5.30. The average Bonchev–Trinajstić information content (AvgIpc) is 2.93. The van der Waals surface area contributed by atoms with Crippen LogP contribution in [0.5, 0.6) is 5.75 Å². The van der Waals surface area contributed by atoms with Gasteiger partial charge in [-0.25, -0.2) is 9.69 Å². The number of imide groups is 1. The molecule has 1 heterocycles. The second-order valence-electron chi connectivity index (χ2n) is 6.00. The Kier molecular flexibility index (Phi) is 4.63. The third-order valence-electron chi connectivity index (χ3n) is 4.25. The summed E-state index contributed by atoms with van der Waals surface area (Å²) in [5.74, 6) is -1.18. The molecule has 3 aromatic rings. The number of hydrogen-bond acceptors (Lipinski definition) is 4. The second-order valence-corrected chi connectivity index (χ2v) is 6.84. The summed E-state index contributed by atoms with van der Waals surface area (Å²) in [6.07, 6.45) is 0. The second kappa shape index (κ2) is 7.11. The van der Waals surface area contributed by atoms with Crippen molar-refractivity contribution in [1.82, 2.24) is 0 Å². The molecule has 0 spiro atoms. The predicted octanol–water partition coefficient (Wildman–Crippen LogP) is 5.01. The van der Waals surface area contributed by atoms with E-state index in [1.807, 2.05) is 0 Å². The molecule has 138 valence electrons. The summed E-state index contributed by atoms with van der Waals surface area (Å²) >= 11 is 11.8. The highest BCUT2D eigenvalue weighted by Gasteiger charge is 2.36. The normalized spacial score (nSPS) is 12.9. The molecule has 28 heavy (non-hydrogen) atoms. The van der Waals surface area contributed by atoms with Crippen LogP contribution in [-0.4, -0.2) is 17.8 Å². The van der Waals surface area contributed by atoms with Gasteiger partial charge in [-0.3, -0.25) is 9.59 Å². The Morgan fingerprint density at radius 3 is 2.00 bits per heavy atom. The van der Waals surface area contributed by atoms with Crippen molar-refractivity contribution >= 4 is 46.7 Å². The predicted molar refractivity (Wildman–Crippen MR) is 105 cm³/mol. The maximum Gasteiger partial charge on any atom is 0.345 e. The van der Waals surface area contributed by atoms with Gasteiger partial charge in [0.05, 0.1) is 27.4 Å². The smallest absolute Gasteiger partial charge is 0.345 e. The van der Waals surface area contributed by atoms with Gasteiger partial charge in [0.1, 0.15) is 5.75 Å². The van der Waals surface area contributed by atoms with Crippen molar-refractivity contribution in [1.29, 1.82) is 0 Å². The summed E-state index contributed by atoms with van der Waals surface area (Å²) in [4.78, 5) is 38.4. The van der Waals surface area contributed by atoms with E-state index in [-0.39, 0.29) is 16.3 Å². The van der Waals surface area contributed by atoms with E-state index in [1.165, 1.54) is 42.5 Å². The van der Waals surface area contributed by atoms with E-state index < -0.39 is 17.8 Å². The van der Waals surface area contributed by atoms with Gasteiger partial charge < -0.3 is 4.74 Å². The SMILES string of the molecule is O=C(Oc1ccc(N2C(=O)c3ccccc3C2=O)cc1)c1ccc(Cl)cc1Cl. The van der Waals surface area contributed by atoms with Crippen molar-refractivity contribution in [2.24, 2.45) is 0 Å². The Morgan fingerprint density at radius 2 is 1.43 bits per heavy atom. The highest BCUT2D eigenvalue weighted by Crippen LogP contribution is 2.30. The highest BCUT2D eigenvalue weighted by atomic mass is 35.5. The maximum absolute atomic E-state index is 12.5. The molecule has 1 aliphatic heterocycles. The summed E-state index contributed by atoms with van der Waals surface area (Å²) in [5, 5.41) is 0.590. The fourth-order valence-corrected chi connectivity index (χ4v) is 3.39. The third-order valence-corrected chi connectivity index (χ3v) is 4.80. The van der Waals surface area contributed by atoms with Gasteiger partial charge in [0.25, 0.3) is 11.8 Å². The minimum atomic E-state index is -0.643. The maximum atomic E-state index is 12.5. The van der Waals surface area contributed by atoms with Crippen LogP contribution in [0, 0.1) is 0 Å². The molecular formula is C21H11Cl2NO4. The van der Waals surface area contributed by atoms with Gasteiger partial charge in [0, 0.05) is 5.02 Å². The van der Waals surface area contributed by atoms with Crippen molar-refractivity contribution in [3.05, 3.63) is 93.5 Å². The largest absolute Gasteiger partial charge is 0.423 e. The number of hydrogen-bond donors (Lipinski definition) is 0. The molecule has 0 saturated carbocycles. The van der Waals surface area contributed by atoms with Gasteiger partial charge in [-0.2, -0.15) is 0 Å². The number of amides is 2. The number of nitrogens with zero attached hydrogens (tertiary/aromatic N) is 1. The minimum Gasteiger partial charge on any atom is -0.423 e. The molecule has 0 aliphatic carbocycles. The lowest BCUT2D eigenvalue weighted by atomic mass is 10.1. The third kappa shape index (κ3) is 3.15. The molecule has 0 unspecified atom stereocenters. The van der Waals surface area contributed by atoms with Gasteiger partial charge in [-0.1, -0.05) is 35.3 Å². The zero-order valence-electron chi connectivity index (χ0n) is 14.2. The summed E-state index contributed by atoms with van der Waals surface area (Å²) in [5.41, 5.74) is 1.28. The number of fused-ring (bicyclic) bond motifs is 1. The molecule has 5 nitrogen and oxygen atoms in total. The Hall–Kier alpha value is -3.15. The zero-order valence-corrected chi connectivity index (χ0v) is 15.7. The number of esters is 1. The molecule has 0 fully saturated rings. The lowest BCUT2D eigenvalue weighted by molar-refractivity contribution is 0.0734. The van der Waals surface area contributed by atoms with Crippen LogP contribution in [0.25, 0.3) is 0 Å². The first-order valence-corrected chi connectivity index (χ1v) is 8.96. The molecule has 0 bridgehead atoms. The van der Waals surface area contributed by atoms with E-state index in [0.717, 1.165) is 4.90 Å². The number of carbonyl (C=O) groups is 3. The van der Waals surface area contributed by atoms with E-state index in [0.29, 0.717) is 21.8 Å². The topological polar surface area (TPSA) is 63.7 Å². The van der Waals surface area contributed by atoms with Crippen LogP contribution in [-0.2, 0) is 0 Å². The lowest BCUT2D eigenvalue weighted by Gasteiger charge is -2.14. The molecule has 0 atom stereocenters. The molecule has 0 radical (unpaired) electrons. The minimum absolute atomic E-state index is 0.176. The van der Waals surface area contributed by atoms with E-state index in [2.05, 4.69) is 0 Å². The molecule has 0 N–H and O–H groups in total. The van der Waals surface area contributed by atoms with Crippen molar-refractivity contribution in [2.75, 3.05) is 4.90 Å². The van der Waals surface area contributed by atoms with E-state index in [4.69, 9.17) is 27.9 Å². The fourth-order valence-electron chi connectivity index (χ4n) is 2.90. The molecule has 2 amide bonds. The van der Waals surface area contributed by atoms with Gasteiger partial charge in [-0.05, 0) is 54.6 Å². The van der Waals surface area contributed by atoms with Crippen molar-refractivity contribution in [3.63, 3.8) is 0 Å². The summed E-state index contributed by atoms with van der Waals surface area (Å²) in [7, 11) is 0. The van der Waals surface area contributed by atoms with Gasteiger partial charge in [0.2, 0.25) is 0 Å². The Balaban J connectivity index is 1.54. The highest BCUT2D eigenvalue weighted by molar-refractivity contribution is 6.36. The van der Waals surface area contributed by atoms with E-state index >= 15 is 0 Å². The van der Waals surface area contributed by atoms with Crippen LogP contribution in [0.3, 0.4) is 0 Å². The summed E-state index contributed by atoms with van der Waals surface area (Å²) in [6, 6.07) is 17.2. The van der Waals surface area contributed by atoms with Crippen molar-refractivity contribution < 1.29 is 19.1 Å². The van der Waals surface area contributed by atoms with Crippen molar-refractivity contribution in [2.45, 2.75) is 0 Å². The number of anilines is 1. The molecule has 0 saturated heterocycles. The fraction of sp³-hybridized carbons (Fsp3) is 0. The molecule has 4 rings (SSSR count). The first-order chi connectivity index (χ1) is 13.5. The van der Waals surface area contributed by atoms with Crippen LogP contribution >= 0.6 is 23.2 Å².